The quantitative estimate of drug-likeness (QED) is 0.697. The lowest BCUT2D eigenvalue weighted by atomic mass is 10.0. The first-order valence-corrected chi connectivity index (χ1v) is 12.4. The highest BCUT2D eigenvalue weighted by Gasteiger charge is 2.26. The van der Waals surface area contributed by atoms with E-state index < -0.39 is 10.0 Å². The number of amides is 1. The number of carbonyl (C=O) groups is 1. The number of hydrogen-bond acceptors (Lipinski definition) is 5. The average Bonchev–Trinajstić information content (AvgIpc) is 3.25. The van der Waals surface area contributed by atoms with Crippen molar-refractivity contribution in [2.45, 2.75) is 69.7 Å². The number of nitrogens with zero attached hydrogens (tertiary/aromatic N) is 3. The summed E-state index contributed by atoms with van der Waals surface area (Å²) in [5.41, 5.74) is 0. The molecule has 1 N–H and O–H groups in total. The molecule has 8 heteroatoms. The molecule has 162 valence electrons. The maximum atomic E-state index is 12.5. The second-order valence-corrected chi connectivity index (χ2v) is 9.92. The summed E-state index contributed by atoms with van der Waals surface area (Å²) in [4.78, 5) is 21.2. The minimum absolute atomic E-state index is 0.0606. The lowest BCUT2D eigenvalue weighted by molar-refractivity contribution is -0.132. The minimum atomic E-state index is -3.55. The molecular weight excluding hydrogens is 388 g/mol. The van der Waals surface area contributed by atoms with Gasteiger partial charge in [0.15, 0.2) is 0 Å². The summed E-state index contributed by atoms with van der Waals surface area (Å²) in [5.74, 6) is 1.61. The molecule has 0 unspecified atom stereocenters. The molecule has 2 aliphatic rings. The normalized spacial score (nSPS) is 18.6. The summed E-state index contributed by atoms with van der Waals surface area (Å²) in [6.07, 6.45) is 8.53. The van der Waals surface area contributed by atoms with Crippen LogP contribution in [-0.2, 0) is 14.8 Å². The molecule has 2 fully saturated rings. The lowest BCUT2D eigenvalue weighted by Crippen LogP contribution is -2.49. The van der Waals surface area contributed by atoms with Crippen LogP contribution in [0.5, 0.6) is 0 Å². The van der Waals surface area contributed by atoms with Gasteiger partial charge in [-0.2, -0.15) is 0 Å². The number of piperazine rings is 1. The maximum Gasteiger partial charge on any atom is 0.242 e. The van der Waals surface area contributed by atoms with Crippen LogP contribution in [0.15, 0.2) is 23.2 Å². The highest BCUT2D eigenvalue weighted by molar-refractivity contribution is 7.89. The monoisotopic (exact) mass is 422 g/mol. The fourth-order valence-corrected chi connectivity index (χ4v) is 5.58. The molecule has 0 aromatic carbocycles. The lowest BCUT2D eigenvalue weighted by Gasteiger charge is -2.36. The van der Waals surface area contributed by atoms with Gasteiger partial charge in [-0.25, -0.2) is 18.1 Å². The Bertz CT molecular complexity index is 764. The number of nitrogens with one attached hydrogen (secondary N) is 1. The fourth-order valence-electron chi connectivity index (χ4n) is 4.24. The summed E-state index contributed by atoms with van der Waals surface area (Å²) in [6.45, 7) is 6.78. The van der Waals surface area contributed by atoms with Crippen LogP contribution < -0.4 is 9.62 Å². The third-order valence-electron chi connectivity index (χ3n) is 6.23. The smallest absolute Gasteiger partial charge is 0.242 e. The largest absolute Gasteiger partial charge is 0.353 e. The molecule has 3 rings (SSSR count). The van der Waals surface area contributed by atoms with Gasteiger partial charge in [0.05, 0.1) is 0 Å². The van der Waals surface area contributed by atoms with Gasteiger partial charge in [0.25, 0.3) is 0 Å². The molecule has 0 atom stereocenters. The Morgan fingerprint density at radius 1 is 1.14 bits per heavy atom. The van der Waals surface area contributed by atoms with E-state index in [-0.39, 0.29) is 16.8 Å². The zero-order chi connectivity index (χ0) is 20.9. The summed E-state index contributed by atoms with van der Waals surface area (Å²) in [6, 6.07) is 3.32. The minimum Gasteiger partial charge on any atom is -0.353 e. The van der Waals surface area contributed by atoms with Gasteiger partial charge >= 0.3 is 0 Å². The van der Waals surface area contributed by atoms with Crippen molar-refractivity contribution in [1.29, 1.82) is 0 Å². The van der Waals surface area contributed by atoms with Crippen molar-refractivity contribution in [3.8, 4) is 0 Å². The van der Waals surface area contributed by atoms with Gasteiger partial charge in [-0.3, -0.25) is 4.79 Å². The predicted molar refractivity (Wildman–Crippen MR) is 114 cm³/mol. The molecule has 7 nitrogen and oxygen atoms in total. The molecule has 0 spiro atoms. The highest BCUT2D eigenvalue weighted by Crippen LogP contribution is 2.28. The average molecular weight is 423 g/mol. The molecular formula is C21H34N4O3S. The van der Waals surface area contributed by atoms with E-state index in [1.807, 2.05) is 18.7 Å². The summed E-state index contributed by atoms with van der Waals surface area (Å²) >= 11 is 0. The number of carbonyl (C=O) groups excluding carboxylic acids is 1. The summed E-state index contributed by atoms with van der Waals surface area (Å²) < 4.78 is 27.7. The number of sulfonamides is 1. The van der Waals surface area contributed by atoms with Gasteiger partial charge in [0, 0.05) is 44.8 Å². The Morgan fingerprint density at radius 2 is 1.79 bits per heavy atom. The van der Waals surface area contributed by atoms with Gasteiger partial charge in [-0.1, -0.05) is 26.7 Å². The topological polar surface area (TPSA) is 82.6 Å². The van der Waals surface area contributed by atoms with Crippen molar-refractivity contribution in [2.24, 2.45) is 5.92 Å². The van der Waals surface area contributed by atoms with Crippen LogP contribution in [-0.4, -0.2) is 56.4 Å². The van der Waals surface area contributed by atoms with Gasteiger partial charge in [-0.15, -0.1) is 0 Å². The van der Waals surface area contributed by atoms with E-state index in [4.69, 9.17) is 0 Å². The molecule has 29 heavy (non-hydrogen) atoms. The number of hydrogen-bond donors (Lipinski definition) is 1. The molecule has 1 aliphatic carbocycles. The van der Waals surface area contributed by atoms with Crippen LogP contribution in [0, 0.1) is 5.92 Å². The van der Waals surface area contributed by atoms with E-state index in [9.17, 15) is 13.2 Å². The Balaban J connectivity index is 1.54. The highest BCUT2D eigenvalue weighted by atomic mass is 32.2. The van der Waals surface area contributed by atoms with Crippen molar-refractivity contribution in [1.82, 2.24) is 14.6 Å². The fraction of sp³-hybridized carbons (Fsp3) is 0.714. The van der Waals surface area contributed by atoms with Crippen LogP contribution in [0.25, 0.3) is 0 Å². The molecule has 1 aromatic heterocycles. The van der Waals surface area contributed by atoms with Gasteiger partial charge in [0.1, 0.15) is 10.7 Å². The third-order valence-corrected chi connectivity index (χ3v) is 7.74. The van der Waals surface area contributed by atoms with E-state index in [1.165, 1.54) is 31.9 Å². The molecule has 0 radical (unpaired) electrons. The number of pyridine rings is 1. The van der Waals surface area contributed by atoms with Crippen molar-refractivity contribution in [2.75, 3.05) is 31.1 Å². The van der Waals surface area contributed by atoms with E-state index in [1.54, 1.807) is 12.1 Å². The molecule has 1 saturated carbocycles. The molecule has 2 heterocycles. The van der Waals surface area contributed by atoms with Crippen LogP contribution in [0.4, 0.5) is 5.82 Å². The van der Waals surface area contributed by atoms with Crippen LogP contribution >= 0.6 is 0 Å². The van der Waals surface area contributed by atoms with Crippen LogP contribution in [0.3, 0.4) is 0 Å². The zero-order valence-corrected chi connectivity index (χ0v) is 18.5. The first kappa shape index (κ1) is 22.0. The van der Waals surface area contributed by atoms with Crippen molar-refractivity contribution in [3.05, 3.63) is 18.3 Å². The Labute approximate surface area is 174 Å². The first-order chi connectivity index (χ1) is 13.9. The predicted octanol–water partition coefficient (Wildman–Crippen LogP) is 2.78. The van der Waals surface area contributed by atoms with E-state index in [0.29, 0.717) is 25.4 Å². The van der Waals surface area contributed by atoms with E-state index in [2.05, 4.69) is 14.6 Å². The standard InChI is InChI=1S/C21H34N4O3S/c1-3-18(4-2)23-29(27,28)19-9-10-20(22-16-19)24-11-13-25(14-12-24)21(26)15-17-7-5-6-8-17/h9-10,16-18,23H,3-8,11-15H2,1-2H3. The first-order valence-electron chi connectivity index (χ1n) is 10.9. The number of rotatable bonds is 8. The Hall–Kier alpha value is -1.67. The molecule has 1 amide bonds. The second kappa shape index (κ2) is 9.89. The van der Waals surface area contributed by atoms with Crippen LogP contribution in [0.2, 0.25) is 0 Å². The van der Waals surface area contributed by atoms with Crippen LogP contribution in [0.1, 0.15) is 58.8 Å². The molecule has 0 bridgehead atoms. The Kier molecular flexibility index (Phi) is 7.51. The number of anilines is 1. The molecule has 1 aliphatic heterocycles. The number of aromatic nitrogens is 1. The third kappa shape index (κ3) is 5.69. The van der Waals surface area contributed by atoms with Crippen molar-refractivity contribution < 1.29 is 13.2 Å². The Morgan fingerprint density at radius 3 is 2.34 bits per heavy atom. The summed E-state index contributed by atoms with van der Waals surface area (Å²) in [5, 5.41) is 0. The van der Waals surface area contributed by atoms with Crippen molar-refractivity contribution >= 4 is 21.7 Å². The SMILES string of the molecule is CCC(CC)NS(=O)(=O)c1ccc(N2CCN(C(=O)CC3CCCC3)CC2)nc1. The maximum absolute atomic E-state index is 12.5. The summed E-state index contributed by atoms with van der Waals surface area (Å²) in [7, 11) is -3.55. The van der Waals surface area contributed by atoms with Gasteiger partial charge < -0.3 is 9.80 Å². The van der Waals surface area contributed by atoms with Crippen molar-refractivity contribution in [3.63, 3.8) is 0 Å². The van der Waals surface area contributed by atoms with E-state index >= 15 is 0 Å². The van der Waals surface area contributed by atoms with E-state index in [0.717, 1.165) is 31.7 Å². The zero-order valence-electron chi connectivity index (χ0n) is 17.6. The van der Waals surface area contributed by atoms with Gasteiger partial charge in [0.2, 0.25) is 15.9 Å². The molecule has 1 aromatic rings. The van der Waals surface area contributed by atoms with Gasteiger partial charge in [-0.05, 0) is 43.7 Å². The second-order valence-electron chi connectivity index (χ2n) is 8.21. The molecule has 1 saturated heterocycles.